The largest absolute Gasteiger partial charge is 0.477 e. The third-order valence-corrected chi connectivity index (χ3v) is 5.56. The number of aromatic carboxylic acids is 1. The number of pyridine rings is 1. The van der Waals surface area contributed by atoms with Gasteiger partial charge in [0.05, 0.1) is 18.1 Å². The van der Waals surface area contributed by atoms with Crippen LogP contribution in [-0.2, 0) is 14.8 Å². The summed E-state index contributed by atoms with van der Waals surface area (Å²) in [6.07, 6.45) is 1.42. The molecule has 1 N–H and O–H groups in total. The first-order chi connectivity index (χ1) is 12.0. The molecule has 0 atom stereocenters. The Morgan fingerprint density at radius 3 is 2.48 bits per heavy atom. The number of nitrogens with zero attached hydrogens (tertiary/aromatic N) is 2. The Morgan fingerprint density at radius 2 is 1.84 bits per heavy atom. The van der Waals surface area contributed by atoms with Crippen LogP contribution in [0.25, 0.3) is 0 Å². The topological polar surface area (TPSA) is 106 Å². The van der Waals surface area contributed by atoms with E-state index < -0.39 is 16.0 Å². The summed E-state index contributed by atoms with van der Waals surface area (Å²) in [5.41, 5.74) is -0.0764. The molecule has 1 fully saturated rings. The number of morpholine rings is 1. The fraction of sp³-hybridized carbons (Fsp3) is 0.250. The van der Waals surface area contributed by atoms with E-state index in [1.54, 1.807) is 0 Å². The van der Waals surface area contributed by atoms with Crippen LogP contribution in [0.2, 0.25) is 0 Å². The third kappa shape index (κ3) is 3.78. The van der Waals surface area contributed by atoms with Gasteiger partial charge < -0.3 is 14.6 Å². The van der Waals surface area contributed by atoms with Crippen LogP contribution in [0.1, 0.15) is 10.4 Å². The van der Waals surface area contributed by atoms with Crippen LogP contribution < -0.4 is 4.74 Å². The highest BCUT2D eigenvalue weighted by Gasteiger charge is 2.26. The van der Waals surface area contributed by atoms with Crippen LogP contribution in [0.3, 0.4) is 0 Å². The molecule has 9 heteroatoms. The molecule has 1 aromatic heterocycles. The molecular weight excluding hydrogens is 348 g/mol. The second kappa shape index (κ2) is 7.18. The van der Waals surface area contributed by atoms with E-state index in [9.17, 15) is 13.2 Å². The van der Waals surface area contributed by atoms with E-state index in [2.05, 4.69) is 4.98 Å². The first kappa shape index (κ1) is 17.3. The number of ether oxygens (including phenoxy) is 2. The fourth-order valence-electron chi connectivity index (χ4n) is 2.36. The maximum absolute atomic E-state index is 12.5. The molecule has 0 spiro atoms. The van der Waals surface area contributed by atoms with Crippen molar-refractivity contribution in [3.8, 4) is 11.6 Å². The molecule has 0 bridgehead atoms. The molecule has 0 aliphatic carbocycles. The lowest BCUT2D eigenvalue weighted by molar-refractivity contribution is 0.0693. The SMILES string of the molecule is O=C(O)c1cccnc1Oc1ccc(S(=O)(=O)N2CCOCC2)cc1. The van der Waals surface area contributed by atoms with Gasteiger partial charge in [-0.05, 0) is 36.4 Å². The van der Waals surface area contributed by atoms with Gasteiger partial charge in [0.1, 0.15) is 11.3 Å². The molecule has 8 nitrogen and oxygen atoms in total. The van der Waals surface area contributed by atoms with Gasteiger partial charge in [0.2, 0.25) is 15.9 Å². The van der Waals surface area contributed by atoms with Gasteiger partial charge in [-0.1, -0.05) is 0 Å². The molecule has 3 rings (SSSR count). The van der Waals surface area contributed by atoms with E-state index in [0.717, 1.165) is 0 Å². The zero-order valence-electron chi connectivity index (χ0n) is 13.2. The highest BCUT2D eigenvalue weighted by Crippen LogP contribution is 2.25. The van der Waals surface area contributed by atoms with E-state index in [0.29, 0.717) is 32.1 Å². The normalized spacial score (nSPS) is 15.7. The smallest absolute Gasteiger partial charge is 0.341 e. The van der Waals surface area contributed by atoms with Gasteiger partial charge in [0.15, 0.2) is 0 Å². The summed E-state index contributed by atoms with van der Waals surface area (Å²) in [5.74, 6) is -0.921. The Balaban J connectivity index is 1.80. The van der Waals surface area contributed by atoms with Gasteiger partial charge in [-0.3, -0.25) is 0 Å². The number of hydrogen-bond acceptors (Lipinski definition) is 6. The Labute approximate surface area is 144 Å². The van der Waals surface area contributed by atoms with Crippen molar-refractivity contribution in [1.82, 2.24) is 9.29 Å². The van der Waals surface area contributed by atoms with Crippen molar-refractivity contribution in [3.63, 3.8) is 0 Å². The van der Waals surface area contributed by atoms with Gasteiger partial charge in [0.25, 0.3) is 0 Å². The van der Waals surface area contributed by atoms with E-state index in [1.807, 2.05) is 0 Å². The minimum Gasteiger partial charge on any atom is -0.477 e. The third-order valence-electron chi connectivity index (χ3n) is 3.65. The number of benzene rings is 1. The second-order valence-electron chi connectivity index (χ2n) is 5.25. The Morgan fingerprint density at radius 1 is 1.16 bits per heavy atom. The molecular formula is C16H16N2O6S. The molecule has 1 aromatic carbocycles. The van der Waals surface area contributed by atoms with Crippen molar-refractivity contribution in [3.05, 3.63) is 48.2 Å². The van der Waals surface area contributed by atoms with Crippen LogP contribution in [0.4, 0.5) is 0 Å². The average molecular weight is 364 g/mol. The van der Waals surface area contributed by atoms with E-state index >= 15 is 0 Å². The summed E-state index contributed by atoms with van der Waals surface area (Å²) in [4.78, 5) is 15.2. The molecule has 25 heavy (non-hydrogen) atoms. The minimum absolute atomic E-state index is 0.0567. The zero-order chi connectivity index (χ0) is 17.9. The number of hydrogen-bond donors (Lipinski definition) is 1. The summed E-state index contributed by atoms with van der Waals surface area (Å²) in [6.45, 7) is 1.38. The molecule has 0 unspecified atom stereocenters. The van der Waals surface area contributed by atoms with Crippen molar-refractivity contribution in [2.45, 2.75) is 4.90 Å². The molecule has 1 saturated heterocycles. The van der Waals surface area contributed by atoms with E-state index in [1.165, 1.54) is 46.9 Å². The summed E-state index contributed by atoms with van der Waals surface area (Å²) in [7, 11) is -3.59. The van der Waals surface area contributed by atoms with Crippen LogP contribution >= 0.6 is 0 Å². The number of carboxylic acid groups (broad SMARTS) is 1. The van der Waals surface area contributed by atoms with Crippen molar-refractivity contribution in [1.29, 1.82) is 0 Å². The number of carboxylic acids is 1. The molecule has 0 amide bonds. The van der Waals surface area contributed by atoms with Crippen molar-refractivity contribution >= 4 is 16.0 Å². The summed E-state index contributed by atoms with van der Waals surface area (Å²) < 4.78 is 37.1. The Hall–Kier alpha value is -2.49. The van der Waals surface area contributed by atoms with Gasteiger partial charge in [-0.25, -0.2) is 18.2 Å². The highest BCUT2D eigenvalue weighted by atomic mass is 32.2. The highest BCUT2D eigenvalue weighted by molar-refractivity contribution is 7.89. The number of aromatic nitrogens is 1. The predicted octanol–water partition coefficient (Wildman–Crippen LogP) is 1.59. The molecule has 2 aromatic rings. The second-order valence-corrected chi connectivity index (χ2v) is 7.19. The fourth-order valence-corrected chi connectivity index (χ4v) is 3.77. The number of rotatable bonds is 5. The first-order valence-corrected chi connectivity index (χ1v) is 8.96. The van der Waals surface area contributed by atoms with Crippen molar-refractivity contribution < 1.29 is 27.8 Å². The minimum atomic E-state index is -3.59. The molecule has 2 heterocycles. The zero-order valence-corrected chi connectivity index (χ0v) is 14.0. The van der Waals surface area contributed by atoms with Crippen LogP contribution in [0.15, 0.2) is 47.5 Å². The molecule has 1 aliphatic rings. The van der Waals surface area contributed by atoms with Gasteiger partial charge in [0, 0.05) is 19.3 Å². The predicted molar refractivity (Wildman–Crippen MR) is 87.3 cm³/mol. The lowest BCUT2D eigenvalue weighted by Crippen LogP contribution is -2.40. The average Bonchev–Trinajstić information content (AvgIpc) is 2.63. The lowest BCUT2D eigenvalue weighted by Gasteiger charge is -2.26. The van der Waals surface area contributed by atoms with Crippen LogP contribution in [0, 0.1) is 0 Å². The van der Waals surface area contributed by atoms with Gasteiger partial charge in [-0.15, -0.1) is 0 Å². The van der Waals surface area contributed by atoms with Crippen LogP contribution in [0.5, 0.6) is 11.6 Å². The number of sulfonamides is 1. The Kier molecular flexibility index (Phi) is 4.98. The van der Waals surface area contributed by atoms with Crippen molar-refractivity contribution in [2.24, 2.45) is 0 Å². The standard InChI is InChI=1S/C16H16N2O6S/c19-16(20)14-2-1-7-17-15(14)24-12-3-5-13(6-4-12)25(21,22)18-8-10-23-11-9-18/h1-7H,8-11H2,(H,19,20). The van der Waals surface area contributed by atoms with Gasteiger partial charge in [-0.2, -0.15) is 4.31 Å². The van der Waals surface area contributed by atoms with E-state index in [4.69, 9.17) is 14.6 Å². The summed E-state index contributed by atoms with van der Waals surface area (Å²) >= 11 is 0. The molecule has 0 saturated carbocycles. The lowest BCUT2D eigenvalue weighted by atomic mass is 10.3. The van der Waals surface area contributed by atoms with Crippen molar-refractivity contribution in [2.75, 3.05) is 26.3 Å². The summed E-state index contributed by atoms with van der Waals surface area (Å²) in [5, 5.41) is 9.12. The van der Waals surface area contributed by atoms with Crippen LogP contribution in [-0.4, -0.2) is 55.1 Å². The Bertz CT molecular complexity index is 860. The molecule has 132 valence electrons. The summed E-state index contributed by atoms with van der Waals surface area (Å²) in [6, 6.07) is 8.64. The quantitative estimate of drug-likeness (QED) is 0.859. The first-order valence-electron chi connectivity index (χ1n) is 7.52. The maximum atomic E-state index is 12.5. The maximum Gasteiger partial charge on any atom is 0.341 e. The molecule has 0 radical (unpaired) electrons. The monoisotopic (exact) mass is 364 g/mol. The van der Waals surface area contributed by atoms with E-state index in [-0.39, 0.29) is 16.3 Å². The van der Waals surface area contributed by atoms with Gasteiger partial charge >= 0.3 is 5.97 Å². The number of carbonyl (C=O) groups is 1. The molecule has 1 aliphatic heterocycles.